The Kier molecular flexibility index (Phi) is 14.2. The lowest BCUT2D eigenvalue weighted by molar-refractivity contribution is 0.436. The van der Waals surface area contributed by atoms with Crippen molar-refractivity contribution in [3.8, 4) is 23.7 Å². The van der Waals surface area contributed by atoms with Crippen molar-refractivity contribution in [3.05, 3.63) is 34.4 Å². The van der Waals surface area contributed by atoms with Gasteiger partial charge < -0.3 is 0 Å². The summed E-state index contributed by atoms with van der Waals surface area (Å²) in [5, 5.41) is 0. The molecular weight excluding hydrogens is 384 g/mol. The molecule has 0 saturated carbocycles. The lowest BCUT2D eigenvalue weighted by Gasteiger charge is -2.16. The number of benzene rings is 1. The third-order valence-electron chi connectivity index (χ3n) is 6.62. The monoisotopic (exact) mass is 434 g/mol. The van der Waals surface area contributed by atoms with E-state index >= 15 is 0 Å². The van der Waals surface area contributed by atoms with E-state index in [2.05, 4.69) is 77.4 Å². The minimum atomic E-state index is 0.767. The normalized spacial score (nSPS) is 12.8. The SMILES string of the molecule is CC#Cc1cc(CC[C@@H](C)CCCC(C)C)c(C#CC)cc1CC[C@@H](C)CCCC(C)C. The first kappa shape index (κ1) is 28.4. The molecule has 0 saturated heterocycles. The highest BCUT2D eigenvalue weighted by molar-refractivity contribution is 5.52. The zero-order chi connectivity index (χ0) is 23.9. The highest BCUT2D eigenvalue weighted by atomic mass is 14.2. The highest BCUT2D eigenvalue weighted by Gasteiger charge is 2.12. The molecule has 0 fully saturated rings. The summed E-state index contributed by atoms with van der Waals surface area (Å²) in [6.45, 7) is 18.0. The van der Waals surface area contributed by atoms with Crippen LogP contribution in [-0.4, -0.2) is 0 Å². The number of hydrogen-bond donors (Lipinski definition) is 0. The standard InChI is InChI=1S/C32H50/c1-9-13-29-23-32(22-20-28(8)18-12-16-26(5)6)30(14-10-2)24-31(29)21-19-27(7)17-11-15-25(3)4/h23-28H,11-12,15-22H2,1-8H3/t27-,28-/m0/s1. The van der Waals surface area contributed by atoms with Gasteiger partial charge in [0.2, 0.25) is 0 Å². The highest BCUT2D eigenvalue weighted by Crippen LogP contribution is 2.25. The predicted octanol–water partition coefficient (Wildman–Crippen LogP) is 9.22. The first-order valence-electron chi connectivity index (χ1n) is 13.3. The Morgan fingerprint density at radius 3 is 1.25 bits per heavy atom. The fourth-order valence-corrected chi connectivity index (χ4v) is 4.45. The molecule has 0 aliphatic rings. The second kappa shape index (κ2) is 16.0. The summed E-state index contributed by atoms with van der Waals surface area (Å²) in [7, 11) is 0. The second-order valence-corrected chi connectivity index (χ2v) is 10.9. The van der Waals surface area contributed by atoms with Crippen molar-refractivity contribution in [2.24, 2.45) is 23.7 Å². The van der Waals surface area contributed by atoms with E-state index in [4.69, 9.17) is 0 Å². The summed E-state index contributed by atoms with van der Waals surface area (Å²) in [5.74, 6) is 16.3. The van der Waals surface area contributed by atoms with Crippen LogP contribution in [0.1, 0.15) is 129 Å². The Labute approximate surface area is 201 Å². The molecule has 0 nitrogen and oxygen atoms in total. The number of rotatable bonds is 14. The molecule has 0 heteroatoms. The smallest absolute Gasteiger partial charge is 0.0280 e. The van der Waals surface area contributed by atoms with Gasteiger partial charge in [0, 0.05) is 11.1 Å². The van der Waals surface area contributed by atoms with E-state index in [0.717, 1.165) is 36.5 Å². The molecule has 0 aliphatic heterocycles. The van der Waals surface area contributed by atoms with Gasteiger partial charge in [-0.3, -0.25) is 0 Å². The van der Waals surface area contributed by atoms with Gasteiger partial charge in [0.05, 0.1) is 0 Å². The molecular formula is C32H50. The van der Waals surface area contributed by atoms with Crippen LogP contribution in [0.25, 0.3) is 0 Å². The fourth-order valence-electron chi connectivity index (χ4n) is 4.45. The van der Waals surface area contributed by atoms with Crippen molar-refractivity contribution in [2.45, 2.75) is 120 Å². The maximum atomic E-state index is 3.40. The van der Waals surface area contributed by atoms with Gasteiger partial charge in [-0.1, -0.05) is 91.9 Å². The Morgan fingerprint density at radius 2 is 0.938 bits per heavy atom. The molecule has 0 unspecified atom stereocenters. The maximum absolute atomic E-state index is 3.40. The van der Waals surface area contributed by atoms with Crippen molar-refractivity contribution in [2.75, 3.05) is 0 Å². The van der Waals surface area contributed by atoms with Crippen LogP contribution in [0.3, 0.4) is 0 Å². The van der Waals surface area contributed by atoms with Crippen molar-refractivity contribution >= 4 is 0 Å². The van der Waals surface area contributed by atoms with Crippen LogP contribution in [0.4, 0.5) is 0 Å². The molecule has 0 N–H and O–H groups in total. The lowest BCUT2D eigenvalue weighted by atomic mass is 9.88. The molecule has 32 heavy (non-hydrogen) atoms. The molecule has 0 aromatic heterocycles. The van der Waals surface area contributed by atoms with E-state index in [1.165, 1.54) is 73.6 Å². The van der Waals surface area contributed by atoms with Crippen LogP contribution < -0.4 is 0 Å². The quantitative estimate of drug-likeness (QED) is 0.256. The van der Waals surface area contributed by atoms with Crippen LogP contribution in [0.2, 0.25) is 0 Å². The number of aryl methyl sites for hydroxylation is 2. The first-order valence-corrected chi connectivity index (χ1v) is 13.3. The second-order valence-electron chi connectivity index (χ2n) is 10.9. The van der Waals surface area contributed by atoms with Gasteiger partial charge in [-0.15, -0.1) is 11.8 Å². The Hall–Kier alpha value is -1.66. The van der Waals surface area contributed by atoms with Crippen LogP contribution in [0, 0.1) is 47.4 Å². The Balaban J connectivity index is 2.86. The average Bonchev–Trinajstić information content (AvgIpc) is 2.72. The lowest BCUT2D eigenvalue weighted by Crippen LogP contribution is -2.04. The third-order valence-corrected chi connectivity index (χ3v) is 6.62. The van der Waals surface area contributed by atoms with Crippen molar-refractivity contribution in [1.29, 1.82) is 0 Å². The van der Waals surface area contributed by atoms with Crippen LogP contribution >= 0.6 is 0 Å². The summed E-state index contributed by atoms with van der Waals surface area (Å²) in [6, 6.07) is 4.71. The van der Waals surface area contributed by atoms with Crippen molar-refractivity contribution in [3.63, 3.8) is 0 Å². The molecule has 0 bridgehead atoms. The number of hydrogen-bond acceptors (Lipinski definition) is 0. The molecule has 2 atom stereocenters. The maximum Gasteiger partial charge on any atom is 0.0280 e. The molecule has 1 aromatic rings. The van der Waals surface area contributed by atoms with Crippen molar-refractivity contribution in [1.82, 2.24) is 0 Å². The Bertz CT molecular complexity index is 704. The van der Waals surface area contributed by atoms with Gasteiger partial charge in [-0.05, 0) is 86.5 Å². The van der Waals surface area contributed by atoms with Crippen molar-refractivity contribution < 1.29 is 0 Å². The topological polar surface area (TPSA) is 0 Å². The summed E-state index contributed by atoms with van der Waals surface area (Å²) in [5.41, 5.74) is 5.24. The predicted molar refractivity (Wildman–Crippen MR) is 144 cm³/mol. The van der Waals surface area contributed by atoms with E-state index in [1.54, 1.807) is 0 Å². The molecule has 178 valence electrons. The fraction of sp³-hybridized carbons (Fsp3) is 0.688. The molecule has 0 aliphatic carbocycles. The van der Waals surface area contributed by atoms with E-state index in [1.807, 2.05) is 13.8 Å². The minimum absolute atomic E-state index is 0.767. The van der Waals surface area contributed by atoms with E-state index in [9.17, 15) is 0 Å². The van der Waals surface area contributed by atoms with Gasteiger partial charge in [0.1, 0.15) is 0 Å². The van der Waals surface area contributed by atoms with E-state index in [0.29, 0.717) is 0 Å². The minimum Gasteiger partial charge on any atom is -0.101 e. The molecule has 1 aromatic carbocycles. The third kappa shape index (κ3) is 11.8. The molecule has 0 heterocycles. The first-order chi connectivity index (χ1) is 15.3. The molecule has 1 rings (SSSR count). The van der Waals surface area contributed by atoms with Crippen LogP contribution in [0.5, 0.6) is 0 Å². The Morgan fingerprint density at radius 1 is 0.562 bits per heavy atom. The van der Waals surface area contributed by atoms with Gasteiger partial charge in [-0.25, -0.2) is 0 Å². The van der Waals surface area contributed by atoms with E-state index < -0.39 is 0 Å². The van der Waals surface area contributed by atoms with Gasteiger partial charge in [0.25, 0.3) is 0 Å². The zero-order valence-electron chi connectivity index (χ0n) is 22.5. The van der Waals surface area contributed by atoms with Gasteiger partial charge in [-0.2, -0.15) is 0 Å². The molecule has 0 amide bonds. The van der Waals surface area contributed by atoms with Gasteiger partial charge in [0.15, 0.2) is 0 Å². The summed E-state index contributed by atoms with van der Waals surface area (Å²) >= 11 is 0. The molecule has 0 spiro atoms. The van der Waals surface area contributed by atoms with Crippen LogP contribution in [0.15, 0.2) is 12.1 Å². The average molecular weight is 435 g/mol. The molecule has 0 radical (unpaired) electrons. The summed E-state index contributed by atoms with van der Waals surface area (Å²) in [4.78, 5) is 0. The summed E-state index contributed by atoms with van der Waals surface area (Å²) < 4.78 is 0. The van der Waals surface area contributed by atoms with E-state index in [-0.39, 0.29) is 0 Å². The van der Waals surface area contributed by atoms with Gasteiger partial charge >= 0.3 is 0 Å². The summed E-state index contributed by atoms with van der Waals surface area (Å²) in [6.07, 6.45) is 12.7. The zero-order valence-corrected chi connectivity index (χ0v) is 22.5. The van der Waals surface area contributed by atoms with Crippen LogP contribution in [-0.2, 0) is 12.8 Å². The largest absolute Gasteiger partial charge is 0.101 e.